The van der Waals surface area contributed by atoms with Gasteiger partial charge in [0.05, 0.1) is 17.2 Å². The lowest BCUT2D eigenvalue weighted by Crippen LogP contribution is -2.49. The number of likely N-dealkylation sites (N-methyl/N-ethyl adjacent to an activating group) is 1. The maximum absolute atomic E-state index is 13.1. The van der Waals surface area contributed by atoms with Gasteiger partial charge in [0.15, 0.2) is 0 Å². The van der Waals surface area contributed by atoms with E-state index < -0.39 is 0 Å². The number of benzene rings is 1. The van der Waals surface area contributed by atoms with E-state index >= 15 is 0 Å². The third-order valence-corrected chi connectivity index (χ3v) is 5.80. The summed E-state index contributed by atoms with van der Waals surface area (Å²) in [6.07, 6.45) is 1.74. The first-order valence-electron chi connectivity index (χ1n) is 8.37. The van der Waals surface area contributed by atoms with Crippen molar-refractivity contribution in [1.29, 1.82) is 0 Å². The summed E-state index contributed by atoms with van der Waals surface area (Å²) in [6, 6.07) is 10.4. The molecule has 1 aromatic carbocycles. The lowest BCUT2D eigenvalue weighted by molar-refractivity contribution is 0.0502. The number of rotatable bonds is 2. The summed E-state index contributed by atoms with van der Waals surface area (Å²) in [4.78, 5) is 22.6. The normalized spacial score (nSPS) is 19.5. The quantitative estimate of drug-likeness (QED) is 0.836. The van der Waals surface area contributed by atoms with Crippen LogP contribution in [0.5, 0.6) is 0 Å². The van der Waals surface area contributed by atoms with E-state index in [1.165, 1.54) is 16.9 Å². The summed E-state index contributed by atoms with van der Waals surface area (Å²) in [5.41, 5.74) is 1.17. The van der Waals surface area contributed by atoms with E-state index in [9.17, 15) is 4.79 Å². The number of carbonyl (C=O) groups excluding carboxylic acids is 1. The van der Waals surface area contributed by atoms with Crippen molar-refractivity contribution in [2.24, 2.45) is 0 Å². The van der Waals surface area contributed by atoms with Crippen molar-refractivity contribution in [3.63, 3.8) is 0 Å². The molecule has 1 saturated heterocycles. The number of aromatic nitrogens is 1. The molecule has 1 aromatic heterocycles. The van der Waals surface area contributed by atoms with Gasteiger partial charge in [0.1, 0.15) is 4.88 Å². The fraction of sp³-hybridized carbons (Fsp3) is 0.474. The minimum absolute atomic E-state index is 0.0237. The first-order valence-corrected chi connectivity index (χ1v) is 9.18. The third kappa shape index (κ3) is 3.52. The third-order valence-electron chi connectivity index (χ3n) is 4.39. The summed E-state index contributed by atoms with van der Waals surface area (Å²) >= 11 is 1.52. The Hall–Kier alpha value is -1.72. The molecule has 5 heteroatoms. The standard InChI is InChI=1S/C19H25N3OS/c1-19(2,3)18-20-12-16(24-18)17(23)22-11-10-21(4)13-15(22)14-8-6-5-7-9-14/h5-9,12,15H,10-11,13H2,1-4H3/t15-/m0/s1. The highest BCUT2D eigenvalue weighted by Gasteiger charge is 2.32. The van der Waals surface area contributed by atoms with E-state index in [2.05, 4.69) is 49.8 Å². The van der Waals surface area contributed by atoms with Crippen molar-refractivity contribution in [3.05, 3.63) is 52.0 Å². The number of hydrogen-bond donors (Lipinski definition) is 0. The predicted molar refractivity (Wildman–Crippen MR) is 98.5 cm³/mol. The first kappa shape index (κ1) is 17.1. The molecular formula is C19H25N3OS. The molecule has 0 unspecified atom stereocenters. The monoisotopic (exact) mass is 343 g/mol. The van der Waals surface area contributed by atoms with Gasteiger partial charge < -0.3 is 9.80 Å². The second kappa shape index (κ2) is 6.65. The molecule has 2 aromatic rings. The van der Waals surface area contributed by atoms with Gasteiger partial charge in [-0.15, -0.1) is 11.3 Å². The highest BCUT2D eigenvalue weighted by Crippen LogP contribution is 2.31. The summed E-state index contributed by atoms with van der Waals surface area (Å²) in [7, 11) is 2.11. The van der Waals surface area contributed by atoms with Crippen LogP contribution in [0.15, 0.2) is 36.5 Å². The van der Waals surface area contributed by atoms with Crippen molar-refractivity contribution in [1.82, 2.24) is 14.8 Å². The maximum Gasteiger partial charge on any atom is 0.266 e. The molecule has 3 rings (SSSR count). The molecular weight excluding hydrogens is 318 g/mol. The van der Waals surface area contributed by atoms with E-state index in [4.69, 9.17) is 0 Å². The number of amides is 1. The predicted octanol–water partition coefficient (Wildman–Crippen LogP) is 3.57. The van der Waals surface area contributed by atoms with Crippen molar-refractivity contribution in [3.8, 4) is 0 Å². The van der Waals surface area contributed by atoms with Gasteiger partial charge in [-0.1, -0.05) is 51.1 Å². The van der Waals surface area contributed by atoms with E-state index in [0.717, 1.165) is 29.5 Å². The Morgan fingerprint density at radius 1 is 1.21 bits per heavy atom. The van der Waals surface area contributed by atoms with Gasteiger partial charge in [-0.2, -0.15) is 0 Å². The molecule has 0 spiro atoms. The molecule has 1 atom stereocenters. The molecule has 0 aliphatic carbocycles. The minimum atomic E-state index is -0.0237. The van der Waals surface area contributed by atoms with Crippen molar-refractivity contribution in [2.75, 3.05) is 26.7 Å². The fourth-order valence-electron chi connectivity index (χ4n) is 2.98. The number of nitrogens with zero attached hydrogens (tertiary/aromatic N) is 3. The second-order valence-corrected chi connectivity index (χ2v) is 8.50. The topological polar surface area (TPSA) is 36.4 Å². The summed E-state index contributed by atoms with van der Waals surface area (Å²) in [5.74, 6) is 0.102. The molecule has 1 aliphatic heterocycles. The SMILES string of the molecule is CN1CCN(C(=O)c2cnc(C(C)(C)C)s2)[C@H](c2ccccc2)C1. The Labute approximate surface area is 148 Å². The molecule has 24 heavy (non-hydrogen) atoms. The van der Waals surface area contributed by atoms with Crippen LogP contribution >= 0.6 is 11.3 Å². The molecule has 128 valence electrons. The van der Waals surface area contributed by atoms with Gasteiger partial charge in [-0.25, -0.2) is 4.98 Å². The zero-order valence-corrected chi connectivity index (χ0v) is 15.6. The molecule has 0 saturated carbocycles. The highest BCUT2D eigenvalue weighted by molar-refractivity contribution is 7.13. The van der Waals surface area contributed by atoms with Gasteiger partial charge in [0.25, 0.3) is 5.91 Å². The van der Waals surface area contributed by atoms with Gasteiger partial charge in [0.2, 0.25) is 0 Å². The van der Waals surface area contributed by atoms with Gasteiger partial charge >= 0.3 is 0 Å². The number of carbonyl (C=O) groups is 1. The maximum atomic E-state index is 13.1. The van der Waals surface area contributed by atoms with E-state index in [-0.39, 0.29) is 17.4 Å². The van der Waals surface area contributed by atoms with Crippen LogP contribution < -0.4 is 0 Å². The van der Waals surface area contributed by atoms with Crippen molar-refractivity contribution >= 4 is 17.2 Å². The lowest BCUT2D eigenvalue weighted by Gasteiger charge is -2.40. The van der Waals surface area contributed by atoms with Crippen LogP contribution in [0.3, 0.4) is 0 Å². The average molecular weight is 343 g/mol. The van der Waals surface area contributed by atoms with Crippen molar-refractivity contribution in [2.45, 2.75) is 32.2 Å². The summed E-state index contributed by atoms with van der Waals surface area (Å²) < 4.78 is 0. The molecule has 1 amide bonds. The van der Waals surface area contributed by atoms with Crippen LogP contribution in [0.4, 0.5) is 0 Å². The summed E-state index contributed by atoms with van der Waals surface area (Å²) in [5, 5.41) is 1.01. The minimum Gasteiger partial charge on any atom is -0.328 e. The van der Waals surface area contributed by atoms with Crippen LogP contribution in [0.25, 0.3) is 0 Å². The Morgan fingerprint density at radius 3 is 2.54 bits per heavy atom. The second-order valence-electron chi connectivity index (χ2n) is 7.47. The van der Waals surface area contributed by atoms with Crippen molar-refractivity contribution < 1.29 is 4.79 Å². The zero-order chi connectivity index (χ0) is 17.3. The first-order chi connectivity index (χ1) is 11.4. The van der Waals surface area contributed by atoms with E-state index in [0.29, 0.717) is 0 Å². The average Bonchev–Trinajstić information content (AvgIpc) is 3.05. The van der Waals surface area contributed by atoms with Crippen LogP contribution in [-0.4, -0.2) is 47.4 Å². The number of thiazole rings is 1. The van der Waals surface area contributed by atoms with Gasteiger partial charge in [-0.3, -0.25) is 4.79 Å². The molecule has 0 bridgehead atoms. The lowest BCUT2D eigenvalue weighted by atomic mass is 9.98. The fourth-order valence-corrected chi connectivity index (χ4v) is 3.91. The Bertz CT molecular complexity index is 705. The number of piperazine rings is 1. The summed E-state index contributed by atoms with van der Waals surface area (Å²) in [6.45, 7) is 8.90. The Kier molecular flexibility index (Phi) is 4.74. The highest BCUT2D eigenvalue weighted by atomic mass is 32.1. The Balaban J connectivity index is 1.88. The molecule has 1 aliphatic rings. The molecule has 0 radical (unpaired) electrons. The largest absolute Gasteiger partial charge is 0.328 e. The van der Waals surface area contributed by atoms with Crippen LogP contribution in [0.2, 0.25) is 0 Å². The van der Waals surface area contributed by atoms with Crippen LogP contribution in [0, 0.1) is 0 Å². The van der Waals surface area contributed by atoms with Crippen LogP contribution in [-0.2, 0) is 5.41 Å². The van der Waals surface area contributed by atoms with Gasteiger partial charge in [-0.05, 0) is 12.6 Å². The molecule has 1 fully saturated rings. The zero-order valence-electron chi connectivity index (χ0n) is 14.8. The number of hydrogen-bond acceptors (Lipinski definition) is 4. The molecule has 4 nitrogen and oxygen atoms in total. The van der Waals surface area contributed by atoms with Crippen LogP contribution in [0.1, 0.15) is 47.1 Å². The smallest absolute Gasteiger partial charge is 0.266 e. The molecule has 0 N–H and O–H groups in total. The Morgan fingerprint density at radius 2 is 1.92 bits per heavy atom. The molecule has 2 heterocycles. The van der Waals surface area contributed by atoms with E-state index in [1.54, 1.807) is 6.20 Å². The van der Waals surface area contributed by atoms with Gasteiger partial charge in [0, 0.05) is 25.0 Å². The van der Waals surface area contributed by atoms with E-state index in [1.807, 2.05) is 23.1 Å².